The fourth-order valence-corrected chi connectivity index (χ4v) is 2.64. The van der Waals surface area contributed by atoms with Crippen LogP contribution in [-0.2, 0) is 4.79 Å². The lowest BCUT2D eigenvalue weighted by atomic mass is 9.84. The molecule has 0 radical (unpaired) electrons. The molecule has 4 nitrogen and oxygen atoms in total. The third-order valence-corrected chi connectivity index (χ3v) is 3.60. The minimum absolute atomic E-state index is 0.200. The molecule has 3 rings (SSSR count). The summed E-state index contributed by atoms with van der Waals surface area (Å²) in [5.41, 5.74) is 1.37. The molecule has 0 N–H and O–H groups in total. The van der Waals surface area contributed by atoms with Gasteiger partial charge in [-0.3, -0.25) is 14.4 Å². The Balaban J connectivity index is 2.28. The van der Waals surface area contributed by atoms with Crippen molar-refractivity contribution >= 4 is 17.5 Å². The Kier molecular flexibility index (Phi) is 2.05. The number of benzene rings is 1. The van der Waals surface area contributed by atoms with Crippen LogP contribution in [-0.4, -0.2) is 29.4 Å². The number of allylic oxidation sites excluding steroid dienone is 1. The van der Waals surface area contributed by atoms with Gasteiger partial charge in [0.1, 0.15) is 0 Å². The number of ketones is 2. The first kappa shape index (κ1) is 10.9. The molecule has 0 saturated carbocycles. The summed E-state index contributed by atoms with van der Waals surface area (Å²) in [6.45, 7) is 1.67. The summed E-state index contributed by atoms with van der Waals surface area (Å²) in [6.07, 6.45) is 0. The molecule has 1 aromatic carbocycles. The number of hydrogen-bond donors (Lipinski definition) is 0. The molecule has 1 atom stereocenters. The van der Waals surface area contributed by atoms with E-state index in [1.165, 1.54) is 4.90 Å². The SMILES string of the molecule is CC1C(=O)N(C)C2=C1C(=O)c1ccccc1C2=O. The van der Waals surface area contributed by atoms with Crippen LogP contribution < -0.4 is 0 Å². The first-order chi connectivity index (χ1) is 8.54. The van der Waals surface area contributed by atoms with Gasteiger partial charge in [0.2, 0.25) is 11.7 Å². The molecular weight excluding hydrogens is 230 g/mol. The van der Waals surface area contributed by atoms with E-state index in [9.17, 15) is 14.4 Å². The molecule has 0 spiro atoms. The highest BCUT2D eigenvalue weighted by atomic mass is 16.2. The summed E-state index contributed by atoms with van der Waals surface area (Å²) in [4.78, 5) is 37.9. The Labute approximate surface area is 104 Å². The summed E-state index contributed by atoms with van der Waals surface area (Å²) in [5.74, 6) is -1.17. The smallest absolute Gasteiger partial charge is 0.234 e. The van der Waals surface area contributed by atoms with Gasteiger partial charge in [-0.05, 0) is 6.92 Å². The van der Waals surface area contributed by atoms with Crippen LogP contribution in [0.1, 0.15) is 27.6 Å². The highest BCUT2D eigenvalue weighted by Crippen LogP contribution is 2.37. The zero-order valence-corrected chi connectivity index (χ0v) is 10.1. The van der Waals surface area contributed by atoms with Crippen LogP contribution >= 0.6 is 0 Å². The molecule has 4 heteroatoms. The highest BCUT2D eigenvalue weighted by Gasteiger charge is 2.45. The number of carbonyl (C=O) groups is 3. The molecule has 0 bridgehead atoms. The van der Waals surface area contributed by atoms with E-state index in [0.29, 0.717) is 16.7 Å². The lowest BCUT2D eigenvalue weighted by Gasteiger charge is -2.19. The predicted molar refractivity (Wildman–Crippen MR) is 64.1 cm³/mol. The summed E-state index contributed by atoms with van der Waals surface area (Å²) >= 11 is 0. The largest absolute Gasteiger partial charge is 0.311 e. The fourth-order valence-electron chi connectivity index (χ4n) is 2.64. The van der Waals surface area contributed by atoms with Crippen LogP contribution in [0.5, 0.6) is 0 Å². The molecule has 90 valence electrons. The number of amides is 1. The van der Waals surface area contributed by atoms with Gasteiger partial charge in [0.05, 0.1) is 11.6 Å². The van der Waals surface area contributed by atoms with E-state index in [1.807, 2.05) is 0 Å². The molecule has 0 fully saturated rings. The number of carbonyl (C=O) groups excluding carboxylic acids is 3. The average Bonchev–Trinajstić information content (AvgIpc) is 2.61. The topological polar surface area (TPSA) is 54.5 Å². The second-order valence-electron chi connectivity index (χ2n) is 4.59. The Morgan fingerprint density at radius 3 is 2.17 bits per heavy atom. The quantitative estimate of drug-likeness (QED) is 0.690. The van der Waals surface area contributed by atoms with E-state index >= 15 is 0 Å². The first-order valence-corrected chi connectivity index (χ1v) is 5.74. The Hall–Kier alpha value is -2.23. The molecular formula is C14H11NO3. The van der Waals surface area contributed by atoms with Crippen LogP contribution in [0.2, 0.25) is 0 Å². The third kappa shape index (κ3) is 1.12. The van der Waals surface area contributed by atoms with Gasteiger partial charge < -0.3 is 4.90 Å². The maximum atomic E-state index is 12.4. The van der Waals surface area contributed by atoms with Gasteiger partial charge in [-0.15, -0.1) is 0 Å². The van der Waals surface area contributed by atoms with E-state index < -0.39 is 5.92 Å². The van der Waals surface area contributed by atoms with Crippen molar-refractivity contribution in [2.75, 3.05) is 7.05 Å². The van der Waals surface area contributed by atoms with E-state index in [2.05, 4.69) is 0 Å². The maximum Gasteiger partial charge on any atom is 0.234 e. The minimum Gasteiger partial charge on any atom is -0.311 e. The van der Waals surface area contributed by atoms with Crippen LogP contribution in [0, 0.1) is 5.92 Å². The summed E-state index contributed by atoms with van der Waals surface area (Å²) in [6, 6.07) is 6.70. The highest BCUT2D eigenvalue weighted by molar-refractivity contribution is 6.30. The van der Waals surface area contributed by atoms with Gasteiger partial charge in [-0.1, -0.05) is 24.3 Å². The number of Topliss-reactive ketones (excluding diaryl/α,β-unsaturated/α-hetero) is 2. The van der Waals surface area contributed by atoms with Gasteiger partial charge in [-0.25, -0.2) is 0 Å². The second kappa shape index (κ2) is 3.38. The van der Waals surface area contributed by atoms with Crippen LogP contribution in [0.15, 0.2) is 35.5 Å². The molecule has 0 aromatic heterocycles. The van der Waals surface area contributed by atoms with Gasteiger partial charge in [0.25, 0.3) is 0 Å². The Morgan fingerprint density at radius 1 is 1.00 bits per heavy atom. The molecule has 1 unspecified atom stereocenters. The van der Waals surface area contributed by atoms with Crippen LogP contribution in [0.3, 0.4) is 0 Å². The van der Waals surface area contributed by atoms with Gasteiger partial charge in [0.15, 0.2) is 5.78 Å². The lowest BCUT2D eigenvalue weighted by Crippen LogP contribution is -2.28. The number of rotatable bonds is 0. The third-order valence-electron chi connectivity index (χ3n) is 3.60. The molecule has 1 amide bonds. The van der Waals surface area contributed by atoms with Crippen molar-refractivity contribution < 1.29 is 14.4 Å². The normalized spacial score (nSPS) is 22.4. The van der Waals surface area contributed by atoms with Gasteiger partial charge >= 0.3 is 0 Å². The zero-order valence-electron chi connectivity index (χ0n) is 10.1. The van der Waals surface area contributed by atoms with Crippen LogP contribution in [0.4, 0.5) is 0 Å². The first-order valence-electron chi connectivity index (χ1n) is 5.74. The van der Waals surface area contributed by atoms with Crippen molar-refractivity contribution in [2.24, 2.45) is 5.92 Å². The van der Waals surface area contributed by atoms with Crippen molar-refractivity contribution in [3.05, 3.63) is 46.7 Å². The minimum atomic E-state index is -0.533. The molecule has 1 aliphatic carbocycles. The number of nitrogens with zero attached hydrogens (tertiary/aromatic N) is 1. The van der Waals surface area contributed by atoms with E-state index in [1.54, 1.807) is 38.2 Å². The standard InChI is InChI=1S/C14H11NO3/c1-7-10-11(15(2)14(7)18)13(17)9-6-4-3-5-8(9)12(10)16/h3-7H,1-2H3. The van der Waals surface area contributed by atoms with Crippen molar-refractivity contribution in [1.29, 1.82) is 0 Å². The van der Waals surface area contributed by atoms with E-state index in [4.69, 9.17) is 0 Å². The zero-order chi connectivity index (χ0) is 13.0. The molecule has 0 saturated heterocycles. The van der Waals surface area contributed by atoms with Crippen molar-refractivity contribution in [3.8, 4) is 0 Å². The average molecular weight is 241 g/mol. The fraction of sp³-hybridized carbons (Fsp3) is 0.214. The monoisotopic (exact) mass is 241 g/mol. The number of fused-ring (bicyclic) bond motifs is 1. The van der Waals surface area contributed by atoms with Gasteiger partial charge in [0, 0.05) is 23.7 Å². The van der Waals surface area contributed by atoms with E-state index in [-0.39, 0.29) is 23.2 Å². The van der Waals surface area contributed by atoms with Crippen molar-refractivity contribution in [1.82, 2.24) is 4.90 Å². The predicted octanol–water partition coefficient (Wildman–Crippen LogP) is 1.43. The van der Waals surface area contributed by atoms with E-state index in [0.717, 1.165) is 0 Å². The van der Waals surface area contributed by atoms with Gasteiger partial charge in [-0.2, -0.15) is 0 Å². The summed E-state index contributed by atoms with van der Waals surface area (Å²) in [5, 5.41) is 0. The summed E-state index contributed by atoms with van der Waals surface area (Å²) < 4.78 is 0. The Bertz CT molecular complexity index is 589. The van der Waals surface area contributed by atoms with Crippen molar-refractivity contribution in [2.45, 2.75) is 6.92 Å². The molecule has 2 aliphatic rings. The second-order valence-corrected chi connectivity index (χ2v) is 4.59. The Morgan fingerprint density at radius 2 is 1.56 bits per heavy atom. The maximum absolute atomic E-state index is 12.4. The van der Waals surface area contributed by atoms with Crippen LogP contribution in [0.25, 0.3) is 0 Å². The number of hydrogen-bond acceptors (Lipinski definition) is 3. The molecule has 1 aliphatic heterocycles. The molecule has 18 heavy (non-hydrogen) atoms. The number of likely N-dealkylation sites (N-methyl/N-ethyl adjacent to an activating group) is 1. The molecule has 1 heterocycles. The van der Waals surface area contributed by atoms with Crippen molar-refractivity contribution in [3.63, 3.8) is 0 Å². The lowest BCUT2D eigenvalue weighted by molar-refractivity contribution is -0.128. The summed E-state index contributed by atoms with van der Waals surface area (Å²) in [7, 11) is 1.54. The molecule has 1 aromatic rings.